The first-order chi connectivity index (χ1) is 18.9. The van der Waals surface area contributed by atoms with Crippen molar-refractivity contribution in [2.75, 3.05) is 13.7 Å². The van der Waals surface area contributed by atoms with Crippen LogP contribution >= 0.6 is 0 Å². The summed E-state index contributed by atoms with van der Waals surface area (Å²) in [7, 11) is 1.04. The summed E-state index contributed by atoms with van der Waals surface area (Å²) < 4.78 is 16.1. The van der Waals surface area contributed by atoms with Crippen molar-refractivity contribution in [1.82, 2.24) is 0 Å². The number of hydrogen-bond acceptors (Lipinski definition) is 13. The van der Waals surface area contributed by atoms with Crippen LogP contribution in [-0.2, 0) is 19.0 Å². The number of aromatic hydroxyl groups is 3. The molecule has 13 nitrogen and oxygen atoms in total. The zero-order valence-electron chi connectivity index (χ0n) is 21.4. The Morgan fingerprint density at radius 1 is 1.02 bits per heavy atom. The van der Waals surface area contributed by atoms with E-state index in [0.717, 1.165) is 7.11 Å². The zero-order chi connectivity index (χ0) is 29.3. The maximum atomic E-state index is 13.5. The molecule has 2 aliphatic carbocycles. The summed E-state index contributed by atoms with van der Waals surface area (Å²) >= 11 is 0. The molecule has 2 aromatic carbocycles. The van der Waals surface area contributed by atoms with Crippen LogP contribution in [0.4, 0.5) is 0 Å². The van der Waals surface area contributed by atoms with Crippen LogP contribution in [0.15, 0.2) is 18.2 Å². The lowest BCUT2D eigenvalue weighted by atomic mass is 9.66. The number of rotatable bonds is 5. The van der Waals surface area contributed by atoms with E-state index in [2.05, 4.69) is 0 Å². The maximum absolute atomic E-state index is 13.5. The van der Waals surface area contributed by atoms with Crippen LogP contribution in [-0.4, -0.2) is 97.2 Å². The molecule has 1 saturated heterocycles. The first-order valence-corrected chi connectivity index (χ1v) is 12.5. The summed E-state index contributed by atoms with van der Waals surface area (Å²) in [6.07, 6.45) is -8.07. The Morgan fingerprint density at radius 2 is 1.68 bits per heavy atom. The summed E-state index contributed by atoms with van der Waals surface area (Å²) in [5.41, 5.74) is -4.72. The molecule has 0 amide bonds. The van der Waals surface area contributed by atoms with Gasteiger partial charge in [0.1, 0.15) is 41.5 Å². The highest BCUT2D eigenvalue weighted by Crippen LogP contribution is 2.57. The second-order valence-electron chi connectivity index (χ2n) is 10.1. The molecule has 0 aromatic heterocycles. The number of fused-ring (bicyclic) bond motifs is 3. The van der Waals surface area contributed by atoms with E-state index in [4.69, 9.17) is 14.2 Å². The lowest BCUT2D eigenvalue weighted by molar-refractivity contribution is -0.211. The normalized spacial score (nSPS) is 30.9. The minimum Gasteiger partial charge on any atom is -0.507 e. The summed E-state index contributed by atoms with van der Waals surface area (Å²) in [4.78, 5) is 40.1. The average Bonchev–Trinajstić information content (AvgIpc) is 3.20. The molecule has 1 fully saturated rings. The van der Waals surface area contributed by atoms with E-state index in [1.54, 1.807) is 0 Å². The van der Waals surface area contributed by atoms with Crippen LogP contribution in [0, 0.1) is 0 Å². The molecule has 0 saturated carbocycles. The van der Waals surface area contributed by atoms with E-state index < -0.39 is 112 Å². The molecule has 214 valence electrons. The standard InChI is InChI=1S/C27H28O13/c1-3-27(37)7-11(39-26-24(35)20(31)12(8-28)40-26)14-15(18(27)25(36)38-2)23(34)16-17(22(14)33)21(32)13-9(19(16)30)5-4-6-10(13)29/h4-6,11-12,18,20,24,26,28-29,31,33-35,37H,3,7-8H2,1-2H3/t11-,12+,18-,20+,24+,26+,27+/m0/s1. The van der Waals surface area contributed by atoms with E-state index in [9.17, 15) is 50.1 Å². The van der Waals surface area contributed by atoms with Crippen LogP contribution in [0.5, 0.6) is 17.2 Å². The molecule has 3 aliphatic rings. The molecule has 5 rings (SSSR count). The van der Waals surface area contributed by atoms with Crippen LogP contribution in [0.1, 0.15) is 74.8 Å². The molecule has 2 aromatic rings. The zero-order valence-corrected chi connectivity index (χ0v) is 21.4. The Kier molecular flexibility index (Phi) is 6.85. The lowest BCUT2D eigenvalue weighted by Crippen LogP contribution is -2.47. The van der Waals surface area contributed by atoms with Crippen LogP contribution < -0.4 is 0 Å². The number of hydrogen-bond donors (Lipinski definition) is 7. The fraction of sp³-hybridized carbons (Fsp3) is 0.444. The van der Waals surface area contributed by atoms with Gasteiger partial charge in [-0.2, -0.15) is 0 Å². The van der Waals surface area contributed by atoms with E-state index in [-0.39, 0.29) is 17.5 Å². The van der Waals surface area contributed by atoms with Crippen molar-refractivity contribution in [1.29, 1.82) is 0 Å². The van der Waals surface area contributed by atoms with Crippen LogP contribution in [0.2, 0.25) is 0 Å². The molecule has 1 heterocycles. The first kappa shape index (κ1) is 28.0. The van der Waals surface area contributed by atoms with E-state index in [0.29, 0.717) is 0 Å². The van der Waals surface area contributed by atoms with Gasteiger partial charge in [0.15, 0.2) is 12.1 Å². The van der Waals surface area contributed by atoms with Gasteiger partial charge < -0.3 is 50.0 Å². The molecule has 0 spiro atoms. The van der Waals surface area contributed by atoms with Crippen molar-refractivity contribution in [3.05, 3.63) is 51.6 Å². The third-order valence-corrected chi connectivity index (χ3v) is 8.03. The molecule has 7 atom stereocenters. The van der Waals surface area contributed by atoms with Gasteiger partial charge in [0.2, 0.25) is 5.78 Å². The highest BCUT2D eigenvalue weighted by Gasteiger charge is 2.55. The molecule has 1 aliphatic heterocycles. The second kappa shape index (κ2) is 9.80. The van der Waals surface area contributed by atoms with Crippen molar-refractivity contribution < 1.29 is 64.3 Å². The van der Waals surface area contributed by atoms with E-state index in [1.165, 1.54) is 25.1 Å². The van der Waals surface area contributed by atoms with E-state index >= 15 is 0 Å². The number of aliphatic hydroxyl groups excluding tert-OH is 3. The van der Waals surface area contributed by atoms with Gasteiger partial charge >= 0.3 is 5.97 Å². The van der Waals surface area contributed by atoms with E-state index in [1.807, 2.05) is 0 Å². The SMILES string of the molecule is CC[C@@]1(O)C[C@H](O[C@@H]2O[C@H](CO)[C@@H](O)[C@H]2O)c2c(O)c3c(c(O)c2[C@H]1C(=O)OC)C(=O)c1cccc(O)c1C3=O. The van der Waals surface area contributed by atoms with Crippen molar-refractivity contribution in [3.8, 4) is 17.2 Å². The number of carbonyl (C=O) groups is 3. The number of phenols is 3. The Hall–Kier alpha value is -3.59. The number of methoxy groups -OCH3 is 1. The first-order valence-electron chi connectivity index (χ1n) is 12.5. The highest BCUT2D eigenvalue weighted by molar-refractivity contribution is 6.31. The number of phenolic OH excluding ortho intramolecular Hbond substituents is 3. The Balaban J connectivity index is 1.77. The van der Waals surface area contributed by atoms with Gasteiger partial charge in [0, 0.05) is 23.1 Å². The van der Waals surface area contributed by atoms with Crippen LogP contribution in [0.25, 0.3) is 0 Å². The number of carbonyl (C=O) groups excluding carboxylic acids is 3. The minimum atomic E-state index is -1.99. The van der Waals surface area contributed by atoms with Gasteiger partial charge in [-0.05, 0) is 12.5 Å². The van der Waals surface area contributed by atoms with Crippen LogP contribution in [0.3, 0.4) is 0 Å². The molecule has 0 radical (unpaired) electrons. The van der Waals surface area contributed by atoms with Gasteiger partial charge in [-0.1, -0.05) is 19.1 Å². The Labute approximate surface area is 226 Å². The fourth-order valence-electron chi connectivity index (χ4n) is 5.92. The molecular weight excluding hydrogens is 532 g/mol. The Bertz CT molecular complexity index is 1420. The fourth-order valence-corrected chi connectivity index (χ4v) is 5.92. The third-order valence-electron chi connectivity index (χ3n) is 8.03. The molecule has 0 unspecified atom stereocenters. The smallest absolute Gasteiger partial charge is 0.316 e. The predicted octanol–water partition coefficient (Wildman–Crippen LogP) is -0.123. The highest BCUT2D eigenvalue weighted by atomic mass is 16.7. The minimum absolute atomic E-state index is 0.108. The third kappa shape index (κ3) is 3.81. The van der Waals surface area contributed by atoms with Crippen molar-refractivity contribution in [2.45, 2.75) is 62.0 Å². The number of aliphatic hydroxyl groups is 4. The number of esters is 1. The van der Waals surface area contributed by atoms with Gasteiger partial charge in [-0.3, -0.25) is 14.4 Å². The number of benzene rings is 2. The molecule has 0 bridgehead atoms. The maximum Gasteiger partial charge on any atom is 0.316 e. The molecule has 7 N–H and O–H groups in total. The molecule has 40 heavy (non-hydrogen) atoms. The topological polar surface area (TPSA) is 221 Å². The van der Waals surface area contributed by atoms with Crippen molar-refractivity contribution in [3.63, 3.8) is 0 Å². The number of ketones is 2. The van der Waals surface area contributed by atoms with Gasteiger partial charge in [0.25, 0.3) is 0 Å². The van der Waals surface area contributed by atoms with Gasteiger partial charge in [0.05, 0.1) is 42.1 Å². The summed E-state index contributed by atoms with van der Waals surface area (Å²) in [6.45, 7) is 0.870. The van der Waals surface area contributed by atoms with Gasteiger partial charge in [-0.15, -0.1) is 0 Å². The van der Waals surface area contributed by atoms with Crippen molar-refractivity contribution in [2.24, 2.45) is 0 Å². The summed E-state index contributed by atoms with van der Waals surface area (Å²) in [5, 5.41) is 75.0. The molecule has 13 heteroatoms. The lowest BCUT2D eigenvalue weighted by Gasteiger charge is -2.44. The largest absolute Gasteiger partial charge is 0.507 e. The monoisotopic (exact) mass is 560 g/mol. The van der Waals surface area contributed by atoms with Crippen molar-refractivity contribution >= 4 is 17.5 Å². The summed E-state index contributed by atoms with van der Waals surface area (Å²) in [5.74, 6) is -6.86. The summed E-state index contributed by atoms with van der Waals surface area (Å²) in [6, 6.07) is 3.74. The molecular formula is C27H28O13. The van der Waals surface area contributed by atoms with Gasteiger partial charge in [-0.25, -0.2) is 0 Å². The average molecular weight is 561 g/mol. The quantitative estimate of drug-likeness (QED) is 0.160. The number of ether oxygens (including phenoxy) is 3. The predicted molar refractivity (Wildman–Crippen MR) is 131 cm³/mol. The Morgan fingerprint density at radius 3 is 2.27 bits per heavy atom. The second-order valence-corrected chi connectivity index (χ2v) is 10.1.